The predicted octanol–water partition coefficient (Wildman–Crippen LogP) is 3.44. The second-order valence-electron chi connectivity index (χ2n) is 5.86. The van der Waals surface area contributed by atoms with Crippen molar-refractivity contribution in [1.82, 2.24) is 10.3 Å². The molecule has 0 aliphatic rings. The topological polar surface area (TPSA) is 71.1 Å². The first kappa shape index (κ1) is 17.4. The molecule has 1 atom stereocenters. The number of aromatic nitrogens is 1. The molecule has 0 aliphatic carbocycles. The lowest BCUT2D eigenvalue weighted by Gasteiger charge is -2.20. The summed E-state index contributed by atoms with van der Waals surface area (Å²) < 4.78 is 0. The number of benzene rings is 2. The van der Waals surface area contributed by atoms with Crippen LogP contribution < -0.4 is 10.6 Å². The predicted molar refractivity (Wildman–Crippen MR) is 101 cm³/mol. The second-order valence-corrected chi connectivity index (χ2v) is 5.86. The number of nitrogens with zero attached hydrogens (tertiary/aromatic N) is 1. The third-order valence-electron chi connectivity index (χ3n) is 3.87. The van der Waals surface area contributed by atoms with Crippen LogP contribution in [0.4, 0.5) is 5.82 Å². The molecule has 2 N–H and O–H groups in total. The van der Waals surface area contributed by atoms with Crippen molar-refractivity contribution in [2.45, 2.75) is 13.1 Å². The Morgan fingerprint density at radius 2 is 1.54 bits per heavy atom. The molecule has 5 nitrogen and oxygen atoms in total. The van der Waals surface area contributed by atoms with Crippen LogP contribution in [0.5, 0.6) is 0 Å². The monoisotopic (exact) mass is 345 g/mol. The smallest absolute Gasteiger partial charge is 0.253 e. The van der Waals surface area contributed by atoms with Gasteiger partial charge >= 0.3 is 0 Å². The number of ketones is 1. The number of carbonyl (C=O) groups is 2. The van der Waals surface area contributed by atoms with E-state index in [1.165, 1.54) is 0 Å². The van der Waals surface area contributed by atoms with Crippen LogP contribution in [0, 0.1) is 6.92 Å². The fraction of sp³-hybridized carbons (Fsp3) is 0.0952. The number of hydrogen-bond donors (Lipinski definition) is 2. The van der Waals surface area contributed by atoms with Crippen molar-refractivity contribution >= 4 is 17.5 Å². The van der Waals surface area contributed by atoms with Crippen molar-refractivity contribution in [2.75, 3.05) is 5.32 Å². The largest absolute Gasteiger partial charge is 0.344 e. The Kier molecular flexibility index (Phi) is 5.39. The quantitative estimate of drug-likeness (QED) is 0.530. The first-order valence-electron chi connectivity index (χ1n) is 8.28. The van der Waals surface area contributed by atoms with Crippen molar-refractivity contribution < 1.29 is 9.59 Å². The van der Waals surface area contributed by atoms with E-state index in [0.29, 0.717) is 16.9 Å². The average Bonchev–Trinajstić information content (AvgIpc) is 2.69. The van der Waals surface area contributed by atoms with Gasteiger partial charge in [0.25, 0.3) is 5.91 Å². The van der Waals surface area contributed by atoms with E-state index in [1.807, 2.05) is 25.1 Å². The average molecular weight is 345 g/mol. The number of pyridine rings is 1. The zero-order valence-corrected chi connectivity index (χ0v) is 14.3. The summed E-state index contributed by atoms with van der Waals surface area (Å²) in [5.41, 5.74) is 2.06. The van der Waals surface area contributed by atoms with Gasteiger partial charge in [0.2, 0.25) is 5.78 Å². The van der Waals surface area contributed by atoms with Gasteiger partial charge in [-0.05, 0) is 31.2 Å². The van der Waals surface area contributed by atoms with Crippen LogP contribution >= 0.6 is 0 Å². The lowest BCUT2D eigenvalue weighted by molar-refractivity contribution is 0.0869. The maximum atomic E-state index is 12.9. The van der Waals surface area contributed by atoms with Gasteiger partial charge < -0.3 is 10.6 Å². The van der Waals surface area contributed by atoms with E-state index < -0.39 is 6.17 Å². The van der Waals surface area contributed by atoms with Crippen molar-refractivity contribution in [3.63, 3.8) is 0 Å². The number of aryl methyl sites for hydroxylation is 1. The summed E-state index contributed by atoms with van der Waals surface area (Å²) in [7, 11) is 0. The molecular weight excluding hydrogens is 326 g/mol. The third kappa shape index (κ3) is 4.33. The molecule has 5 heteroatoms. The Balaban J connectivity index is 1.83. The van der Waals surface area contributed by atoms with E-state index in [-0.39, 0.29) is 11.7 Å². The Morgan fingerprint density at radius 3 is 2.19 bits per heavy atom. The summed E-state index contributed by atoms with van der Waals surface area (Å²) in [5, 5.41) is 5.76. The SMILES string of the molecule is Cc1ccc(C(=O)NC(Nc2ccccn2)C(=O)c2ccccc2)cc1. The number of Topliss-reactive ketones (excluding diaryl/α,β-unsaturated/α-hetero) is 1. The normalized spacial score (nSPS) is 11.4. The molecule has 0 bridgehead atoms. The minimum atomic E-state index is -0.930. The van der Waals surface area contributed by atoms with E-state index in [2.05, 4.69) is 15.6 Å². The minimum Gasteiger partial charge on any atom is -0.344 e. The van der Waals surface area contributed by atoms with Crippen molar-refractivity contribution in [3.8, 4) is 0 Å². The van der Waals surface area contributed by atoms with Crippen molar-refractivity contribution in [2.24, 2.45) is 0 Å². The van der Waals surface area contributed by atoms with E-state index in [9.17, 15) is 9.59 Å². The highest BCUT2D eigenvalue weighted by Crippen LogP contribution is 2.10. The van der Waals surface area contributed by atoms with Crippen LogP contribution in [0.25, 0.3) is 0 Å². The van der Waals surface area contributed by atoms with Crippen LogP contribution in [0.15, 0.2) is 79.0 Å². The van der Waals surface area contributed by atoms with Crippen LogP contribution in [0.2, 0.25) is 0 Å². The highest BCUT2D eigenvalue weighted by molar-refractivity contribution is 6.05. The first-order chi connectivity index (χ1) is 12.6. The maximum absolute atomic E-state index is 12.9. The van der Waals surface area contributed by atoms with Gasteiger partial charge in [-0.15, -0.1) is 0 Å². The zero-order valence-electron chi connectivity index (χ0n) is 14.3. The lowest BCUT2D eigenvalue weighted by atomic mass is 10.1. The fourth-order valence-corrected chi connectivity index (χ4v) is 2.45. The summed E-state index contributed by atoms with van der Waals surface area (Å²) in [6.07, 6.45) is 0.690. The molecule has 26 heavy (non-hydrogen) atoms. The summed E-state index contributed by atoms with van der Waals surface area (Å²) >= 11 is 0. The highest BCUT2D eigenvalue weighted by atomic mass is 16.2. The molecule has 1 heterocycles. The van der Waals surface area contributed by atoms with Gasteiger partial charge in [-0.25, -0.2) is 4.98 Å². The van der Waals surface area contributed by atoms with E-state index in [1.54, 1.807) is 60.8 Å². The molecule has 0 spiro atoms. The van der Waals surface area contributed by atoms with Crippen molar-refractivity contribution in [1.29, 1.82) is 0 Å². The molecule has 1 unspecified atom stereocenters. The third-order valence-corrected chi connectivity index (χ3v) is 3.87. The molecule has 130 valence electrons. The summed E-state index contributed by atoms with van der Waals surface area (Å²) in [4.78, 5) is 29.6. The van der Waals surface area contributed by atoms with Gasteiger partial charge in [-0.2, -0.15) is 0 Å². The number of rotatable bonds is 6. The van der Waals surface area contributed by atoms with E-state index >= 15 is 0 Å². The minimum absolute atomic E-state index is 0.239. The molecule has 0 aliphatic heterocycles. The maximum Gasteiger partial charge on any atom is 0.253 e. The molecule has 0 saturated heterocycles. The number of carbonyl (C=O) groups excluding carboxylic acids is 2. The number of nitrogens with one attached hydrogen (secondary N) is 2. The van der Waals surface area contributed by atoms with E-state index in [0.717, 1.165) is 5.56 Å². The summed E-state index contributed by atoms with van der Waals surface area (Å²) in [5.74, 6) is -0.0644. The van der Waals surface area contributed by atoms with Crippen LogP contribution in [-0.4, -0.2) is 22.8 Å². The molecule has 2 aromatic carbocycles. The molecule has 3 aromatic rings. The molecule has 0 saturated carbocycles. The number of amides is 1. The molecule has 1 aromatic heterocycles. The van der Waals surface area contributed by atoms with Crippen LogP contribution in [0.3, 0.4) is 0 Å². The van der Waals surface area contributed by atoms with Crippen LogP contribution in [0.1, 0.15) is 26.3 Å². The van der Waals surface area contributed by atoms with Gasteiger partial charge in [0.15, 0.2) is 6.17 Å². The zero-order chi connectivity index (χ0) is 18.4. The Hall–Kier alpha value is -3.47. The Labute approximate surface area is 152 Å². The van der Waals surface area contributed by atoms with Crippen molar-refractivity contribution in [3.05, 3.63) is 95.7 Å². The van der Waals surface area contributed by atoms with Gasteiger partial charge in [0.05, 0.1) is 0 Å². The summed E-state index contributed by atoms with van der Waals surface area (Å²) in [6.45, 7) is 1.95. The molecule has 0 fully saturated rings. The molecule has 3 rings (SSSR count). The standard InChI is InChI=1S/C21H19N3O2/c1-15-10-12-17(13-11-15)21(26)24-20(23-18-9-5-6-14-22-18)19(25)16-7-3-2-4-8-16/h2-14,20H,1H3,(H,22,23)(H,24,26). The second kappa shape index (κ2) is 8.07. The van der Waals surface area contributed by atoms with Gasteiger partial charge in [0.1, 0.15) is 5.82 Å². The van der Waals surface area contributed by atoms with Gasteiger partial charge in [-0.1, -0.05) is 54.1 Å². The Morgan fingerprint density at radius 1 is 0.846 bits per heavy atom. The molecule has 1 amide bonds. The lowest BCUT2D eigenvalue weighted by Crippen LogP contribution is -2.46. The molecule has 0 radical (unpaired) electrons. The Bertz CT molecular complexity index is 878. The fourth-order valence-electron chi connectivity index (χ4n) is 2.45. The van der Waals surface area contributed by atoms with Crippen LogP contribution in [-0.2, 0) is 0 Å². The number of anilines is 1. The van der Waals surface area contributed by atoms with Gasteiger partial charge in [-0.3, -0.25) is 9.59 Å². The van der Waals surface area contributed by atoms with Gasteiger partial charge in [0, 0.05) is 17.3 Å². The summed E-state index contributed by atoms with van der Waals surface area (Å²) in [6, 6.07) is 21.3. The highest BCUT2D eigenvalue weighted by Gasteiger charge is 2.23. The first-order valence-corrected chi connectivity index (χ1v) is 8.28. The molecular formula is C21H19N3O2. The number of hydrogen-bond acceptors (Lipinski definition) is 4. The van der Waals surface area contributed by atoms with E-state index in [4.69, 9.17) is 0 Å².